The van der Waals surface area contributed by atoms with E-state index in [9.17, 15) is 0 Å². The molecule has 0 saturated carbocycles. The zero-order chi connectivity index (χ0) is 15.4. The fourth-order valence-electron chi connectivity index (χ4n) is 2.58. The van der Waals surface area contributed by atoms with Crippen molar-refractivity contribution in [3.8, 4) is 5.75 Å². The number of halogens is 1. The molecule has 1 aromatic heterocycles. The van der Waals surface area contributed by atoms with E-state index in [4.69, 9.17) is 16.3 Å². The van der Waals surface area contributed by atoms with Crippen LogP contribution in [0.5, 0.6) is 5.75 Å². The second kappa shape index (κ2) is 7.14. The smallest absolute Gasteiger partial charge is 0.127 e. The molecular formula is C16H24ClN3O. The van der Waals surface area contributed by atoms with Gasteiger partial charge in [-0.1, -0.05) is 13.8 Å². The van der Waals surface area contributed by atoms with Gasteiger partial charge in [0.15, 0.2) is 0 Å². The van der Waals surface area contributed by atoms with Gasteiger partial charge in [0, 0.05) is 19.2 Å². The zero-order valence-electron chi connectivity index (χ0n) is 13.3. The van der Waals surface area contributed by atoms with Crippen LogP contribution in [0.4, 0.5) is 0 Å². The van der Waals surface area contributed by atoms with E-state index in [2.05, 4.69) is 34.4 Å². The summed E-state index contributed by atoms with van der Waals surface area (Å²) >= 11 is 6.31. The van der Waals surface area contributed by atoms with Crippen molar-refractivity contribution in [3.05, 3.63) is 24.0 Å². The standard InChI is InChI=1S/C16H24ClN3O/c1-5-19(6-2)9-10-20-15-8-7-13(21-4)11-14(15)18-16(20)12(3)17/h7-8,11-12H,5-6,9-10H2,1-4H3. The Hall–Kier alpha value is -1.26. The van der Waals surface area contributed by atoms with Crippen LogP contribution in [0.25, 0.3) is 11.0 Å². The summed E-state index contributed by atoms with van der Waals surface area (Å²) in [6.07, 6.45) is 0. The van der Waals surface area contributed by atoms with Crippen molar-refractivity contribution in [1.82, 2.24) is 14.5 Å². The maximum Gasteiger partial charge on any atom is 0.127 e. The van der Waals surface area contributed by atoms with E-state index in [1.807, 2.05) is 19.1 Å². The molecule has 0 aliphatic rings. The maximum absolute atomic E-state index is 6.31. The molecule has 2 rings (SSSR count). The van der Waals surface area contributed by atoms with Crippen LogP contribution in [0.2, 0.25) is 0 Å². The van der Waals surface area contributed by atoms with Gasteiger partial charge in [0.05, 0.1) is 23.5 Å². The van der Waals surface area contributed by atoms with Crippen LogP contribution in [0, 0.1) is 0 Å². The number of fused-ring (bicyclic) bond motifs is 1. The van der Waals surface area contributed by atoms with E-state index in [0.717, 1.165) is 48.8 Å². The predicted octanol–water partition coefficient (Wildman–Crippen LogP) is 3.69. The molecule has 0 N–H and O–H groups in total. The van der Waals surface area contributed by atoms with E-state index < -0.39 is 0 Å². The molecule has 0 bridgehead atoms. The Morgan fingerprint density at radius 2 is 2.05 bits per heavy atom. The molecule has 5 heteroatoms. The van der Waals surface area contributed by atoms with E-state index in [1.165, 1.54) is 0 Å². The Kier molecular flexibility index (Phi) is 5.48. The zero-order valence-corrected chi connectivity index (χ0v) is 14.0. The van der Waals surface area contributed by atoms with Crippen molar-refractivity contribution in [2.24, 2.45) is 0 Å². The SMILES string of the molecule is CCN(CC)CCn1c(C(C)Cl)nc2cc(OC)ccc21. The maximum atomic E-state index is 6.31. The third kappa shape index (κ3) is 3.50. The first-order chi connectivity index (χ1) is 10.1. The van der Waals surface area contributed by atoms with Crippen molar-refractivity contribution in [2.75, 3.05) is 26.7 Å². The van der Waals surface area contributed by atoms with Gasteiger partial charge in [0.1, 0.15) is 11.6 Å². The highest BCUT2D eigenvalue weighted by Gasteiger charge is 2.15. The molecule has 0 amide bonds. The molecule has 116 valence electrons. The lowest BCUT2D eigenvalue weighted by Crippen LogP contribution is -2.27. The number of alkyl halides is 1. The summed E-state index contributed by atoms with van der Waals surface area (Å²) in [4.78, 5) is 7.08. The summed E-state index contributed by atoms with van der Waals surface area (Å²) < 4.78 is 7.50. The van der Waals surface area contributed by atoms with Crippen LogP contribution in [-0.2, 0) is 6.54 Å². The van der Waals surface area contributed by atoms with Gasteiger partial charge in [-0.2, -0.15) is 0 Å². The molecule has 2 aromatic rings. The fraction of sp³-hybridized carbons (Fsp3) is 0.562. The monoisotopic (exact) mass is 309 g/mol. The van der Waals surface area contributed by atoms with E-state index >= 15 is 0 Å². The summed E-state index contributed by atoms with van der Waals surface area (Å²) in [7, 11) is 1.67. The highest BCUT2D eigenvalue weighted by Crippen LogP contribution is 2.27. The van der Waals surface area contributed by atoms with Crippen LogP contribution in [0.15, 0.2) is 18.2 Å². The largest absolute Gasteiger partial charge is 0.497 e. The van der Waals surface area contributed by atoms with Gasteiger partial charge in [-0.3, -0.25) is 0 Å². The molecule has 0 spiro atoms. The Morgan fingerprint density at radius 3 is 2.62 bits per heavy atom. The molecule has 0 aliphatic carbocycles. The number of ether oxygens (including phenoxy) is 1. The number of nitrogens with zero attached hydrogens (tertiary/aromatic N) is 3. The first-order valence-electron chi connectivity index (χ1n) is 7.51. The lowest BCUT2D eigenvalue weighted by Gasteiger charge is -2.19. The minimum absolute atomic E-state index is 0.111. The number of likely N-dealkylation sites (N-methyl/N-ethyl adjacent to an activating group) is 1. The molecule has 1 unspecified atom stereocenters. The van der Waals surface area contributed by atoms with E-state index in [-0.39, 0.29) is 5.38 Å². The molecule has 0 radical (unpaired) electrons. The highest BCUT2D eigenvalue weighted by molar-refractivity contribution is 6.20. The van der Waals surface area contributed by atoms with Gasteiger partial charge < -0.3 is 14.2 Å². The molecule has 1 atom stereocenters. The number of aromatic nitrogens is 2. The molecule has 1 aromatic carbocycles. The average Bonchev–Trinajstić information content (AvgIpc) is 2.86. The predicted molar refractivity (Wildman–Crippen MR) is 88.3 cm³/mol. The minimum Gasteiger partial charge on any atom is -0.497 e. The number of imidazole rings is 1. The van der Waals surface area contributed by atoms with Gasteiger partial charge in [-0.25, -0.2) is 4.98 Å². The summed E-state index contributed by atoms with van der Waals surface area (Å²) in [5, 5.41) is -0.111. The third-order valence-corrected chi connectivity index (χ3v) is 4.07. The second-order valence-electron chi connectivity index (χ2n) is 5.12. The summed E-state index contributed by atoms with van der Waals surface area (Å²) in [5.74, 6) is 1.75. The lowest BCUT2D eigenvalue weighted by atomic mass is 10.3. The molecule has 0 saturated heterocycles. The van der Waals surface area contributed by atoms with Crippen molar-refractivity contribution in [1.29, 1.82) is 0 Å². The van der Waals surface area contributed by atoms with Crippen molar-refractivity contribution in [3.63, 3.8) is 0 Å². The first kappa shape index (κ1) is 16.1. The second-order valence-corrected chi connectivity index (χ2v) is 5.77. The molecule has 1 heterocycles. The highest BCUT2D eigenvalue weighted by atomic mass is 35.5. The van der Waals surface area contributed by atoms with Crippen LogP contribution >= 0.6 is 11.6 Å². The minimum atomic E-state index is -0.111. The van der Waals surface area contributed by atoms with Gasteiger partial charge in [0.2, 0.25) is 0 Å². The number of hydrogen-bond donors (Lipinski definition) is 0. The quantitative estimate of drug-likeness (QED) is 0.731. The first-order valence-corrected chi connectivity index (χ1v) is 7.94. The molecule has 0 fully saturated rings. The summed E-state index contributed by atoms with van der Waals surface area (Å²) in [5.41, 5.74) is 2.06. The van der Waals surface area contributed by atoms with Crippen LogP contribution < -0.4 is 4.74 Å². The van der Waals surface area contributed by atoms with Gasteiger partial charge in [0.25, 0.3) is 0 Å². The van der Waals surface area contributed by atoms with Crippen LogP contribution in [0.3, 0.4) is 0 Å². The number of benzene rings is 1. The van der Waals surface area contributed by atoms with E-state index in [0.29, 0.717) is 0 Å². The van der Waals surface area contributed by atoms with Gasteiger partial charge in [-0.15, -0.1) is 11.6 Å². The molecule has 0 aliphatic heterocycles. The van der Waals surface area contributed by atoms with Crippen molar-refractivity contribution in [2.45, 2.75) is 32.7 Å². The van der Waals surface area contributed by atoms with E-state index in [1.54, 1.807) is 7.11 Å². The molecule has 21 heavy (non-hydrogen) atoms. The Morgan fingerprint density at radius 1 is 1.33 bits per heavy atom. The van der Waals surface area contributed by atoms with Crippen molar-refractivity contribution < 1.29 is 4.74 Å². The summed E-state index contributed by atoms with van der Waals surface area (Å²) in [6, 6.07) is 6.00. The number of hydrogen-bond acceptors (Lipinski definition) is 3. The van der Waals surface area contributed by atoms with Crippen LogP contribution in [-0.4, -0.2) is 41.2 Å². The number of rotatable bonds is 7. The Bertz CT molecular complexity index is 590. The lowest BCUT2D eigenvalue weighted by molar-refractivity contribution is 0.290. The number of methoxy groups -OCH3 is 1. The normalized spacial score (nSPS) is 13.0. The molecular weight excluding hydrogens is 286 g/mol. The Labute approximate surface area is 131 Å². The molecule has 4 nitrogen and oxygen atoms in total. The summed E-state index contributed by atoms with van der Waals surface area (Å²) in [6.45, 7) is 10.4. The topological polar surface area (TPSA) is 30.3 Å². The van der Waals surface area contributed by atoms with Gasteiger partial charge >= 0.3 is 0 Å². The van der Waals surface area contributed by atoms with Crippen molar-refractivity contribution >= 4 is 22.6 Å². The Balaban J connectivity index is 2.37. The average molecular weight is 310 g/mol. The van der Waals surface area contributed by atoms with Crippen LogP contribution in [0.1, 0.15) is 32.0 Å². The third-order valence-electron chi connectivity index (χ3n) is 3.87. The fourth-order valence-corrected chi connectivity index (χ4v) is 2.74. The van der Waals surface area contributed by atoms with Gasteiger partial charge in [-0.05, 0) is 32.1 Å².